The molecule has 0 fully saturated rings. The SMILES string of the molecule is Cc1ccc(C(=O)Nc2ccc(O)c(C(=O)O)c2)c(Cl)c1. The molecule has 0 heterocycles. The Kier molecular flexibility index (Phi) is 4.14. The number of carboxylic acids is 1. The highest BCUT2D eigenvalue weighted by Gasteiger charge is 2.14. The molecular formula is C15H12ClNO4. The number of hydrogen-bond acceptors (Lipinski definition) is 3. The van der Waals surface area contributed by atoms with Gasteiger partial charge in [0.25, 0.3) is 5.91 Å². The summed E-state index contributed by atoms with van der Waals surface area (Å²) in [6, 6.07) is 8.79. The lowest BCUT2D eigenvalue weighted by molar-refractivity contribution is 0.0693. The number of carbonyl (C=O) groups is 2. The van der Waals surface area contributed by atoms with Gasteiger partial charge < -0.3 is 15.5 Å². The number of benzene rings is 2. The van der Waals surface area contributed by atoms with E-state index < -0.39 is 11.9 Å². The van der Waals surface area contributed by atoms with E-state index in [9.17, 15) is 14.7 Å². The molecule has 1 amide bonds. The van der Waals surface area contributed by atoms with Crippen molar-refractivity contribution in [2.45, 2.75) is 6.92 Å². The zero-order chi connectivity index (χ0) is 15.6. The molecule has 0 unspecified atom stereocenters. The molecule has 0 aliphatic heterocycles. The second-order valence-corrected chi connectivity index (χ2v) is 4.88. The Morgan fingerprint density at radius 2 is 1.81 bits per heavy atom. The Bertz CT molecular complexity index is 728. The number of hydrogen-bond donors (Lipinski definition) is 3. The van der Waals surface area contributed by atoms with E-state index in [-0.39, 0.29) is 22.6 Å². The van der Waals surface area contributed by atoms with Gasteiger partial charge in [0, 0.05) is 5.69 Å². The van der Waals surface area contributed by atoms with Crippen LogP contribution in [-0.4, -0.2) is 22.1 Å². The van der Waals surface area contributed by atoms with Gasteiger partial charge in [0.05, 0.1) is 10.6 Å². The Labute approximate surface area is 125 Å². The van der Waals surface area contributed by atoms with Crippen molar-refractivity contribution < 1.29 is 19.8 Å². The van der Waals surface area contributed by atoms with Crippen molar-refractivity contribution >= 4 is 29.2 Å². The number of aromatic carboxylic acids is 1. The molecule has 21 heavy (non-hydrogen) atoms. The van der Waals surface area contributed by atoms with Crippen molar-refractivity contribution in [2.24, 2.45) is 0 Å². The van der Waals surface area contributed by atoms with Gasteiger partial charge in [0.2, 0.25) is 0 Å². The predicted molar refractivity (Wildman–Crippen MR) is 79.2 cm³/mol. The third-order valence-corrected chi connectivity index (χ3v) is 3.17. The number of carbonyl (C=O) groups excluding carboxylic acids is 1. The van der Waals surface area contributed by atoms with Crippen LogP contribution in [0.2, 0.25) is 5.02 Å². The molecule has 6 heteroatoms. The first-order valence-corrected chi connectivity index (χ1v) is 6.40. The van der Waals surface area contributed by atoms with Crippen LogP contribution < -0.4 is 5.32 Å². The van der Waals surface area contributed by atoms with Crippen molar-refractivity contribution in [2.75, 3.05) is 5.32 Å². The van der Waals surface area contributed by atoms with Crippen LogP contribution in [0.15, 0.2) is 36.4 Å². The number of aryl methyl sites for hydroxylation is 1. The second kappa shape index (κ2) is 5.85. The largest absolute Gasteiger partial charge is 0.507 e. The molecule has 0 saturated carbocycles. The maximum Gasteiger partial charge on any atom is 0.339 e. The van der Waals surface area contributed by atoms with Gasteiger partial charge in [0.15, 0.2) is 0 Å². The molecule has 0 aromatic heterocycles. The normalized spacial score (nSPS) is 10.2. The number of anilines is 1. The molecule has 0 spiro atoms. The van der Waals surface area contributed by atoms with Crippen LogP contribution in [0.4, 0.5) is 5.69 Å². The lowest BCUT2D eigenvalue weighted by Crippen LogP contribution is -2.13. The minimum absolute atomic E-state index is 0.256. The van der Waals surface area contributed by atoms with Crippen LogP contribution in [0.5, 0.6) is 5.75 Å². The molecule has 2 aromatic rings. The molecule has 5 nitrogen and oxygen atoms in total. The molecule has 0 aliphatic rings. The average molecular weight is 306 g/mol. The van der Waals surface area contributed by atoms with Crippen LogP contribution >= 0.6 is 11.6 Å². The Morgan fingerprint density at radius 3 is 2.43 bits per heavy atom. The van der Waals surface area contributed by atoms with E-state index in [0.717, 1.165) is 5.56 Å². The van der Waals surface area contributed by atoms with Crippen LogP contribution in [0, 0.1) is 6.92 Å². The molecule has 0 saturated heterocycles. The number of nitrogens with one attached hydrogen (secondary N) is 1. The van der Waals surface area contributed by atoms with Gasteiger partial charge >= 0.3 is 5.97 Å². The molecule has 0 atom stereocenters. The summed E-state index contributed by atoms with van der Waals surface area (Å²) in [7, 11) is 0. The van der Waals surface area contributed by atoms with Gasteiger partial charge in [-0.25, -0.2) is 4.79 Å². The molecule has 0 radical (unpaired) electrons. The topological polar surface area (TPSA) is 86.6 Å². The van der Waals surface area contributed by atoms with E-state index in [1.165, 1.54) is 18.2 Å². The molecule has 0 aliphatic carbocycles. The summed E-state index contributed by atoms with van der Waals surface area (Å²) in [4.78, 5) is 23.0. The molecule has 0 bridgehead atoms. The second-order valence-electron chi connectivity index (χ2n) is 4.47. The highest BCUT2D eigenvalue weighted by Crippen LogP contribution is 2.23. The van der Waals surface area contributed by atoms with E-state index in [1.54, 1.807) is 18.2 Å². The summed E-state index contributed by atoms with van der Waals surface area (Å²) in [5.74, 6) is -2.10. The fraction of sp³-hybridized carbons (Fsp3) is 0.0667. The Morgan fingerprint density at radius 1 is 1.10 bits per heavy atom. The summed E-state index contributed by atoms with van der Waals surface area (Å²) in [6.07, 6.45) is 0. The third-order valence-electron chi connectivity index (χ3n) is 2.85. The molecule has 3 N–H and O–H groups in total. The first-order chi connectivity index (χ1) is 9.88. The molecule has 2 aromatic carbocycles. The van der Waals surface area contributed by atoms with Crippen LogP contribution in [-0.2, 0) is 0 Å². The summed E-state index contributed by atoms with van der Waals surface area (Å²) in [5, 5.41) is 21.2. The number of carboxylic acid groups (broad SMARTS) is 1. The van der Waals surface area contributed by atoms with Gasteiger partial charge in [-0.15, -0.1) is 0 Å². The minimum atomic E-state index is -1.28. The number of aromatic hydroxyl groups is 1. The predicted octanol–water partition coefficient (Wildman–Crippen LogP) is 3.30. The van der Waals surface area contributed by atoms with E-state index in [1.807, 2.05) is 6.92 Å². The highest BCUT2D eigenvalue weighted by atomic mass is 35.5. The maximum absolute atomic E-state index is 12.1. The molecule has 108 valence electrons. The van der Waals surface area contributed by atoms with Crippen molar-refractivity contribution in [3.8, 4) is 5.75 Å². The number of amides is 1. The molecular weight excluding hydrogens is 294 g/mol. The van der Waals surface area contributed by atoms with E-state index >= 15 is 0 Å². The number of rotatable bonds is 3. The van der Waals surface area contributed by atoms with E-state index in [0.29, 0.717) is 5.02 Å². The van der Waals surface area contributed by atoms with E-state index in [2.05, 4.69) is 5.32 Å². The third kappa shape index (κ3) is 3.32. The van der Waals surface area contributed by atoms with Crippen molar-refractivity contribution in [3.05, 3.63) is 58.1 Å². The quantitative estimate of drug-likeness (QED) is 0.759. The Balaban J connectivity index is 2.27. The lowest BCUT2D eigenvalue weighted by Gasteiger charge is -2.09. The first kappa shape index (κ1) is 14.9. The van der Waals surface area contributed by atoms with Gasteiger partial charge in [-0.3, -0.25) is 4.79 Å². The first-order valence-electron chi connectivity index (χ1n) is 6.02. The minimum Gasteiger partial charge on any atom is -0.507 e. The van der Waals surface area contributed by atoms with E-state index in [4.69, 9.17) is 16.7 Å². The van der Waals surface area contributed by atoms with Crippen LogP contribution in [0.25, 0.3) is 0 Å². The zero-order valence-electron chi connectivity index (χ0n) is 11.1. The number of phenols is 1. The van der Waals surface area contributed by atoms with Crippen molar-refractivity contribution in [1.29, 1.82) is 0 Å². The summed E-state index contributed by atoms with van der Waals surface area (Å²) >= 11 is 6.00. The summed E-state index contributed by atoms with van der Waals surface area (Å²) in [5.41, 5.74) is 1.18. The highest BCUT2D eigenvalue weighted by molar-refractivity contribution is 6.34. The fourth-order valence-corrected chi connectivity index (χ4v) is 2.11. The smallest absolute Gasteiger partial charge is 0.339 e. The zero-order valence-corrected chi connectivity index (χ0v) is 11.8. The molecule has 2 rings (SSSR count). The van der Waals surface area contributed by atoms with Crippen LogP contribution in [0.3, 0.4) is 0 Å². The summed E-state index contributed by atoms with van der Waals surface area (Å²) in [6.45, 7) is 1.85. The van der Waals surface area contributed by atoms with Gasteiger partial charge in [-0.05, 0) is 42.8 Å². The average Bonchev–Trinajstić information content (AvgIpc) is 2.40. The van der Waals surface area contributed by atoms with Gasteiger partial charge in [-0.2, -0.15) is 0 Å². The van der Waals surface area contributed by atoms with Crippen molar-refractivity contribution in [1.82, 2.24) is 0 Å². The Hall–Kier alpha value is -2.53. The lowest BCUT2D eigenvalue weighted by atomic mass is 10.1. The number of halogens is 1. The van der Waals surface area contributed by atoms with Gasteiger partial charge in [-0.1, -0.05) is 17.7 Å². The van der Waals surface area contributed by atoms with Crippen molar-refractivity contribution in [3.63, 3.8) is 0 Å². The summed E-state index contributed by atoms with van der Waals surface area (Å²) < 4.78 is 0. The maximum atomic E-state index is 12.1. The van der Waals surface area contributed by atoms with Crippen LogP contribution in [0.1, 0.15) is 26.3 Å². The van der Waals surface area contributed by atoms with Gasteiger partial charge in [0.1, 0.15) is 11.3 Å². The fourth-order valence-electron chi connectivity index (χ4n) is 1.79. The monoisotopic (exact) mass is 305 g/mol. The standard InChI is InChI=1S/C15H12ClNO4/c1-8-2-4-10(12(16)6-8)14(19)17-9-3-5-13(18)11(7-9)15(20)21/h2-7,18H,1H3,(H,17,19)(H,20,21).